The topological polar surface area (TPSA) is 90.2 Å². The van der Waals surface area contributed by atoms with Crippen LogP contribution in [0, 0.1) is 29.6 Å². The van der Waals surface area contributed by atoms with E-state index in [4.69, 9.17) is 6.42 Å². The Morgan fingerprint density at radius 1 is 1.35 bits per heavy atom. The molecule has 0 saturated carbocycles. The molecule has 8 heteroatoms. The number of aromatic nitrogens is 1. The van der Waals surface area contributed by atoms with Crippen LogP contribution in [0.3, 0.4) is 0 Å². The van der Waals surface area contributed by atoms with Crippen molar-refractivity contribution in [2.75, 3.05) is 31.5 Å². The van der Waals surface area contributed by atoms with Gasteiger partial charge in [0, 0.05) is 25.0 Å². The van der Waals surface area contributed by atoms with Gasteiger partial charge in [0.05, 0.1) is 6.54 Å². The number of nitrogens with zero attached hydrogens (tertiary/aromatic N) is 3. The Bertz CT molecular complexity index is 1270. The minimum Gasteiger partial charge on any atom is -0.360 e. The molecule has 1 aliphatic heterocycles. The molecule has 34 heavy (non-hydrogen) atoms. The molecule has 2 N–H and O–H groups in total. The number of anilines is 1. The first-order chi connectivity index (χ1) is 16.5. The van der Waals surface area contributed by atoms with Crippen LogP contribution in [0.15, 0.2) is 29.1 Å². The maximum atomic E-state index is 12.9. The Morgan fingerprint density at radius 3 is 2.79 bits per heavy atom. The molecule has 0 atom stereocenters. The first-order valence-electron chi connectivity index (χ1n) is 11.6. The fourth-order valence-electron chi connectivity index (χ4n) is 3.95. The largest absolute Gasteiger partial charge is 0.360 e. The molecule has 2 heterocycles. The summed E-state index contributed by atoms with van der Waals surface area (Å²) >= 11 is 1.11. The lowest BCUT2D eigenvalue weighted by atomic mass is 9.99. The van der Waals surface area contributed by atoms with Gasteiger partial charge in [0.1, 0.15) is 15.3 Å². The van der Waals surface area contributed by atoms with E-state index in [1.807, 2.05) is 18.2 Å². The van der Waals surface area contributed by atoms with Gasteiger partial charge in [-0.1, -0.05) is 25.0 Å². The minimum atomic E-state index is -0.584. The van der Waals surface area contributed by atoms with Gasteiger partial charge in [-0.15, -0.1) is 17.8 Å². The molecule has 0 bridgehead atoms. The maximum absolute atomic E-state index is 12.9. The van der Waals surface area contributed by atoms with E-state index in [0.29, 0.717) is 15.7 Å². The van der Waals surface area contributed by atoms with E-state index in [1.54, 1.807) is 13.1 Å². The summed E-state index contributed by atoms with van der Waals surface area (Å²) in [6.07, 6.45) is 10.3. The minimum absolute atomic E-state index is 0.0134. The smallest absolute Gasteiger partial charge is 0.270 e. The zero-order valence-electron chi connectivity index (χ0n) is 19.8. The number of likely N-dealkylation sites (tertiary alicyclic amines) is 1. The summed E-state index contributed by atoms with van der Waals surface area (Å²) in [6, 6.07) is 10.1. The van der Waals surface area contributed by atoms with Crippen molar-refractivity contribution in [2.24, 2.45) is 5.92 Å². The van der Waals surface area contributed by atoms with Crippen LogP contribution in [-0.2, 0) is 17.8 Å². The molecule has 1 aliphatic rings. The van der Waals surface area contributed by atoms with Crippen LogP contribution < -0.4 is 25.4 Å². The van der Waals surface area contributed by atoms with Gasteiger partial charge in [-0.05, 0) is 62.9 Å². The Hall–Kier alpha value is -3.33. The quantitative estimate of drug-likeness (QED) is 0.562. The number of carbonyl (C=O) groups excluding carboxylic acids is 1. The molecular formula is C26H31N5O2S. The summed E-state index contributed by atoms with van der Waals surface area (Å²) in [5.74, 6) is 2.55. The van der Waals surface area contributed by atoms with Crippen LogP contribution in [0.4, 0.5) is 5.69 Å². The van der Waals surface area contributed by atoms with Crippen LogP contribution in [-0.4, -0.2) is 41.6 Å². The van der Waals surface area contributed by atoms with E-state index < -0.39 is 5.91 Å². The Morgan fingerprint density at radius 2 is 2.12 bits per heavy atom. The number of amides is 1. The highest BCUT2D eigenvalue weighted by molar-refractivity contribution is 7.07. The molecule has 1 aromatic heterocycles. The summed E-state index contributed by atoms with van der Waals surface area (Å²) in [5.41, 5.74) is 1.76. The summed E-state index contributed by atoms with van der Waals surface area (Å²) in [4.78, 5) is 27.7. The number of terminal acetylenes is 1. The third-order valence-corrected chi connectivity index (χ3v) is 7.15. The molecule has 0 radical (unpaired) electrons. The number of benzene rings is 1. The predicted molar refractivity (Wildman–Crippen MR) is 137 cm³/mol. The average Bonchev–Trinajstić information content (AvgIpc) is 3.16. The highest BCUT2D eigenvalue weighted by Crippen LogP contribution is 2.17. The number of hydrogen-bond donors (Lipinski definition) is 2. The van der Waals surface area contributed by atoms with Crippen molar-refractivity contribution in [1.29, 1.82) is 5.26 Å². The van der Waals surface area contributed by atoms with Gasteiger partial charge in [-0.25, -0.2) is 0 Å². The summed E-state index contributed by atoms with van der Waals surface area (Å²) < 4.78 is 2.17. The second kappa shape index (κ2) is 12.2. The fraction of sp³-hybridized carbons (Fsp3) is 0.423. The summed E-state index contributed by atoms with van der Waals surface area (Å²) in [5, 5.41) is 15.2. The van der Waals surface area contributed by atoms with Crippen LogP contribution in [0.1, 0.15) is 32.3 Å². The highest BCUT2D eigenvalue weighted by atomic mass is 32.1. The second-order valence-electron chi connectivity index (χ2n) is 8.46. The van der Waals surface area contributed by atoms with Gasteiger partial charge in [-0.2, -0.15) is 5.26 Å². The Balaban J connectivity index is 1.79. The maximum Gasteiger partial charge on any atom is 0.270 e. The van der Waals surface area contributed by atoms with Gasteiger partial charge in [-0.3, -0.25) is 14.2 Å². The van der Waals surface area contributed by atoms with Gasteiger partial charge in [0.2, 0.25) is 0 Å². The standard InChI is InChI=1S/C26H31N5O2S/c1-4-12-28-24(32)22(17-27)26-31(5-2)25(33)23(34-26)18-29-21-8-6-7-20(16-21)11-15-30-13-9-19(3)10-14-30/h1,6-8,16,18-19,29H,5,9-15H2,2-3H3,(H,28,32). The molecule has 1 saturated heterocycles. The summed E-state index contributed by atoms with van der Waals surface area (Å²) in [6.45, 7) is 7.86. The third kappa shape index (κ3) is 6.38. The zero-order chi connectivity index (χ0) is 24.5. The number of thiazole rings is 1. The van der Waals surface area contributed by atoms with E-state index in [-0.39, 0.29) is 17.7 Å². The van der Waals surface area contributed by atoms with E-state index in [0.717, 1.165) is 35.9 Å². The molecule has 0 spiro atoms. The normalized spacial score (nSPS) is 15.9. The van der Waals surface area contributed by atoms with Crippen molar-refractivity contribution in [2.45, 2.75) is 39.7 Å². The lowest BCUT2D eigenvalue weighted by Crippen LogP contribution is -2.34. The molecule has 2 aromatic rings. The molecule has 3 rings (SSSR count). The van der Waals surface area contributed by atoms with Gasteiger partial charge in [0.25, 0.3) is 11.5 Å². The molecule has 1 aromatic carbocycles. The van der Waals surface area contributed by atoms with Crippen LogP contribution in [0.5, 0.6) is 0 Å². The van der Waals surface area contributed by atoms with Crippen molar-refractivity contribution in [3.05, 3.63) is 49.4 Å². The Kier molecular flexibility index (Phi) is 9.09. The number of hydrogen-bond acceptors (Lipinski definition) is 6. The Labute approximate surface area is 204 Å². The number of piperidine rings is 1. The van der Waals surface area contributed by atoms with Crippen LogP contribution >= 0.6 is 11.3 Å². The van der Waals surface area contributed by atoms with Crippen molar-refractivity contribution in [1.82, 2.24) is 14.8 Å². The van der Waals surface area contributed by atoms with Crippen molar-refractivity contribution in [3.63, 3.8) is 0 Å². The number of rotatable bonds is 8. The number of carbonyl (C=O) groups is 1. The zero-order valence-corrected chi connectivity index (χ0v) is 20.6. The van der Waals surface area contributed by atoms with E-state index in [2.05, 4.69) is 40.5 Å². The fourth-order valence-corrected chi connectivity index (χ4v) is 5.03. The molecule has 1 fully saturated rings. The first kappa shape index (κ1) is 25.3. The van der Waals surface area contributed by atoms with Gasteiger partial charge in [0.15, 0.2) is 5.57 Å². The number of nitriles is 1. The molecular weight excluding hydrogens is 446 g/mol. The second-order valence-corrected chi connectivity index (χ2v) is 9.49. The lowest BCUT2D eigenvalue weighted by Gasteiger charge is -2.30. The van der Waals surface area contributed by atoms with E-state index in [1.165, 1.54) is 36.1 Å². The summed E-state index contributed by atoms with van der Waals surface area (Å²) in [7, 11) is 0. The van der Waals surface area contributed by atoms with E-state index in [9.17, 15) is 14.9 Å². The van der Waals surface area contributed by atoms with Crippen LogP contribution in [0.2, 0.25) is 0 Å². The molecule has 0 unspecified atom stereocenters. The monoisotopic (exact) mass is 477 g/mol. The van der Waals surface area contributed by atoms with Gasteiger partial charge < -0.3 is 15.5 Å². The highest BCUT2D eigenvalue weighted by Gasteiger charge is 2.16. The third-order valence-electron chi connectivity index (χ3n) is 6.02. The van der Waals surface area contributed by atoms with Crippen molar-refractivity contribution in [3.8, 4) is 18.4 Å². The average molecular weight is 478 g/mol. The molecule has 1 amide bonds. The molecule has 178 valence electrons. The number of nitrogens with one attached hydrogen (secondary N) is 2. The van der Waals surface area contributed by atoms with E-state index >= 15 is 0 Å². The lowest BCUT2D eigenvalue weighted by molar-refractivity contribution is -0.115. The molecule has 7 nitrogen and oxygen atoms in total. The predicted octanol–water partition coefficient (Wildman–Crippen LogP) is 1.48. The molecule has 0 aliphatic carbocycles. The first-order valence-corrected chi connectivity index (χ1v) is 12.4. The van der Waals surface area contributed by atoms with Crippen molar-refractivity contribution >= 4 is 34.7 Å². The SMILES string of the molecule is C#CCNC(=O)C(C#N)=c1sc(=CNc2cccc(CCN3CCC(C)CC3)c2)c(=O)n1CC. The van der Waals surface area contributed by atoms with Gasteiger partial charge >= 0.3 is 0 Å². The van der Waals surface area contributed by atoms with Crippen molar-refractivity contribution < 1.29 is 4.79 Å². The van der Waals surface area contributed by atoms with Crippen LogP contribution in [0.25, 0.3) is 11.8 Å².